The number of benzene rings is 2. The Labute approximate surface area is 107 Å². The average Bonchev–Trinajstić information content (AvgIpc) is 2.74. The van der Waals surface area contributed by atoms with Crippen LogP contribution in [0.3, 0.4) is 0 Å². The lowest BCUT2D eigenvalue weighted by Gasteiger charge is -2.12. The first-order valence-corrected chi connectivity index (χ1v) is 5.73. The molecule has 0 fully saturated rings. The second kappa shape index (κ2) is 3.86. The molecule has 1 aliphatic carbocycles. The van der Waals surface area contributed by atoms with Gasteiger partial charge < -0.3 is 0 Å². The fourth-order valence-electron chi connectivity index (χ4n) is 2.56. The number of alkyl halides is 3. The van der Waals surface area contributed by atoms with Crippen LogP contribution in [-0.2, 0) is 12.6 Å². The quantitative estimate of drug-likeness (QED) is 0.595. The molecule has 3 rings (SSSR count). The van der Waals surface area contributed by atoms with Gasteiger partial charge in [-0.2, -0.15) is 18.4 Å². The molecule has 0 spiro atoms. The van der Waals surface area contributed by atoms with Crippen LogP contribution in [0.15, 0.2) is 36.4 Å². The van der Waals surface area contributed by atoms with Gasteiger partial charge in [-0.05, 0) is 46.9 Å². The summed E-state index contributed by atoms with van der Waals surface area (Å²) in [4.78, 5) is 0. The van der Waals surface area contributed by atoms with E-state index in [0.29, 0.717) is 23.1 Å². The van der Waals surface area contributed by atoms with E-state index < -0.39 is 11.7 Å². The predicted octanol–water partition coefficient (Wildman–Crippen LogP) is 4.15. The summed E-state index contributed by atoms with van der Waals surface area (Å²) in [6, 6.07) is 11.1. The van der Waals surface area contributed by atoms with Crippen LogP contribution < -0.4 is 0 Å². The van der Waals surface area contributed by atoms with Gasteiger partial charge in [-0.3, -0.25) is 0 Å². The fourth-order valence-corrected chi connectivity index (χ4v) is 2.56. The smallest absolute Gasteiger partial charge is 0.192 e. The first kappa shape index (κ1) is 11.8. The van der Waals surface area contributed by atoms with Crippen LogP contribution in [0.2, 0.25) is 0 Å². The maximum absolute atomic E-state index is 13.0. The summed E-state index contributed by atoms with van der Waals surface area (Å²) in [5.41, 5.74) is 2.16. The lowest BCUT2D eigenvalue weighted by Crippen LogP contribution is -2.07. The first-order chi connectivity index (χ1) is 9.00. The fraction of sp³-hybridized carbons (Fsp3) is 0.133. The van der Waals surface area contributed by atoms with Gasteiger partial charge in [0.1, 0.15) is 0 Å². The van der Waals surface area contributed by atoms with E-state index in [4.69, 9.17) is 5.26 Å². The van der Waals surface area contributed by atoms with E-state index in [1.807, 2.05) is 6.07 Å². The molecule has 2 aromatic rings. The van der Waals surface area contributed by atoms with Gasteiger partial charge in [0.05, 0.1) is 17.2 Å². The van der Waals surface area contributed by atoms with Crippen molar-refractivity contribution >= 4 is 0 Å². The molecule has 0 saturated carbocycles. The highest BCUT2D eigenvalue weighted by Gasteiger charge is 2.36. The number of hydrogen-bond donors (Lipinski definition) is 0. The number of halogens is 3. The summed E-state index contributed by atoms with van der Waals surface area (Å²) in [6.45, 7) is 0. The molecule has 0 heterocycles. The van der Waals surface area contributed by atoms with Gasteiger partial charge in [0, 0.05) is 0 Å². The zero-order valence-electron chi connectivity index (χ0n) is 9.75. The molecule has 19 heavy (non-hydrogen) atoms. The van der Waals surface area contributed by atoms with E-state index in [1.165, 1.54) is 6.07 Å². The second-order valence-electron chi connectivity index (χ2n) is 4.50. The molecule has 0 amide bonds. The van der Waals surface area contributed by atoms with Crippen molar-refractivity contribution in [2.24, 2.45) is 0 Å². The number of fused-ring (bicyclic) bond motifs is 3. The van der Waals surface area contributed by atoms with Gasteiger partial charge in [0.2, 0.25) is 0 Å². The summed E-state index contributed by atoms with van der Waals surface area (Å²) < 4.78 is 39.1. The summed E-state index contributed by atoms with van der Waals surface area (Å²) in [7, 11) is 0. The normalized spacial score (nSPS) is 12.7. The maximum Gasteiger partial charge on any atom is 0.417 e. The lowest BCUT2D eigenvalue weighted by atomic mass is 9.98. The highest BCUT2D eigenvalue weighted by Crippen LogP contribution is 2.44. The van der Waals surface area contributed by atoms with Crippen LogP contribution >= 0.6 is 0 Å². The molecule has 1 nitrogen and oxygen atoms in total. The highest BCUT2D eigenvalue weighted by molar-refractivity contribution is 5.80. The summed E-state index contributed by atoms with van der Waals surface area (Å²) in [5.74, 6) is 0. The number of hydrogen-bond acceptors (Lipinski definition) is 1. The van der Waals surface area contributed by atoms with Crippen LogP contribution in [-0.4, -0.2) is 0 Å². The molecule has 0 saturated heterocycles. The Morgan fingerprint density at radius 2 is 1.84 bits per heavy atom. The molecular weight excluding hydrogens is 251 g/mol. The molecule has 0 N–H and O–H groups in total. The monoisotopic (exact) mass is 259 g/mol. The Balaban J connectivity index is 2.26. The van der Waals surface area contributed by atoms with Gasteiger partial charge in [-0.15, -0.1) is 0 Å². The predicted molar refractivity (Wildman–Crippen MR) is 64.4 cm³/mol. The van der Waals surface area contributed by atoms with Crippen LogP contribution in [0.25, 0.3) is 11.1 Å². The van der Waals surface area contributed by atoms with Gasteiger partial charge in [0.25, 0.3) is 0 Å². The topological polar surface area (TPSA) is 23.8 Å². The zero-order chi connectivity index (χ0) is 13.6. The van der Waals surface area contributed by atoms with Crippen LogP contribution in [0, 0.1) is 11.3 Å². The zero-order valence-corrected chi connectivity index (χ0v) is 9.75. The molecule has 0 aromatic heterocycles. The SMILES string of the molecule is N#Cc1ccc2c(c1)Cc1cccc(C(F)(F)F)c1-2. The van der Waals surface area contributed by atoms with Crippen LogP contribution in [0.5, 0.6) is 0 Å². The van der Waals surface area contributed by atoms with Crippen molar-refractivity contribution in [3.8, 4) is 17.2 Å². The van der Waals surface area contributed by atoms with Crippen molar-refractivity contribution in [3.63, 3.8) is 0 Å². The van der Waals surface area contributed by atoms with E-state index in [1.54, 1.807) is 24.3 Å². The molecule has 0 radical (unpaired) electrons. The molecular formula is C15H8F3N. The van der Waals surface area contributed by atoms with Crippen molar-refractivity contribution in [1.29, 1.82) is 5.26 Å². The van der Waals surface area contributed by atoms with E-state index in [-0.39, 0.29) is 5.56 Å². The average molecular weight is 259 g/mol. The molecule has 1 aliphatic rings. The van der Waals surface area contributed by atoms with E-state index in [0.717, 1.165) is 11.6 Å². The second-order valence-corrected chi connectivity index (χ2v) is 4.50. The Hall–Kier alpha value is -2.28. The standard InChI is InChI=1S/C15H8F3N/c16-15(17,18)13-3-1-2-10-7-11-6-9(8-19)4-5-12(11)14(10)13/h1-6H,7H2. The van der Waals surface area contributed by atoms with Crippen molar-refractivity contribution < 1.29 is 13.2 Å². The van der Waals surface area contributed by atoms with Crippen molar-refractivity contribution in [1.82, 2.24) is 0 Å². The Morgan fingerprint density at radius 1 is 1.05 bits per heavy atom. The van der Waals surface area contributed by atoms with E-state index >= 15 is 0 Å². The number of nitriles is 1. The van der Waals surface area contributed by atoms with E-state index in [2.05, 4.69) is 0 Å². The van der Waals surface area contributed by atoms with Gasteiger partial charge >= 0.3 is 6.18 Å². The van der Waals surface area contributed by atoms with Gasteiger partial charge in [-0.25, -0.2) is 0 Å². The largest absolute Gasteiger partial charge is 0.417 e. The summed E-state index contributed by atoms with van der Waals surface area (Å²) in [6.07, 6.45) is -3.91. The third-order valence-electron chi connectivity index (χ3n) is 3.34. The van der Waals surface area contributed by atoms with Gasteiger partial charge in [-0.1, -0.05) is 18.2 Å². The minimum absolute atomic E-state index is 0.259. The Bertz CT molecular complexity index is 708. The minimum Gasteiger partial charge on any atom is -0.192 e. The Morgan fingerprint density at radius 3 is 2.53 bits per heavy atom. The molecule has 4 heteroatoms. The lowest BCUT2D eigenvalue weighted by molar-refractivity contribution is -0.137. The molecule has 0 bridgehead atoms. The molecule has 94 valence electrons. The van der Waals surface area contributed by atoms with Gasteiger partial charge in [0.15, 0.2) is 0 Å². The van der Waals surface area contributed by atoms with Crippen molar-refractivity contribution in [2.45, 2.75) is 12.6 Å². The highest BCUT2D eigenvalue weighted by atomic mass is 19.4. The summed E-state index contributed by atoms with van der Waals surface area (Å²) in [5, 5.41) is 8.84. The van der Waals surface area contributed by atoms with Crippen LogP contribution in [0.1, 0.15) is 22.3 Å². The van der Waals surface area contributed by atoms with Crippen molar-refractivity contribution in [3.05, 3.63) is 58.7 Å². The summed E-state index contributed by atoms with van der Waals surface area (Å²) >= 11 is 0. The minimum atomic E-state index is -4.36. The molecule has 2 aromatic carbocycles. The Kier molecular flexibility index (Phi) is 2.39. The third-order valence-corrected chi connectivity index (χ3v) is 3.34. The maximum atomic E-state index is 13.0. The molecule has 0 aliphatic heterocycles. The first-order valence-electron chi connectivity index (χ1n) is 5.73. The van der Waals surface area contributed by atoms with Crippen molar-refractivity contribution in [2.75, 3.05) is 0 Å². The number of nitrogens with zero attached hydrogens (tertiary/aromatic N) is 1. The molecule has 0 atom stereocenters. The number of rotatable bonds is 0. The molecule has 0 unspecified atom stereocenters. The van der Waals surface area contributed by atoms with Crippen LogP contribution in [0.4, 0.5) is 13.2 Å². The third kappa shape index (κ3) is 1.78. The van der Waals surface area contributed by atoms with E-state index in [9.17, 15) is 13.2 Å².